The van der Waals surface area contributed by atoms with Gasteiger partial charge in [-0.15, -0.1) is 0 Å². The highest BCUT2D eigenvalue weighted by atomic mass is 16.5. The molecule has 3 N–H and O–H groups in total. The molecule has 28 heavy (non-hydrogen) atoms. The second-order valence-electron chi connectivity index (χ2n) is 6.36. The van der Waals surface area contributed by atoms with Crippen LogP contribution in [0.5, 0.6) is 11.5 Å². The first-order chi connectivity index (χ1) is 13.5. The minimum atomic E-state index is -0.171. The van der Waals surface area contributed by atoms with E-state index in [1.54, 1.807) is 37.5 Å². The molecule has 0 aliphatic heterocycles. The molecule has 0 atom stereocenters. The molecule has 0 bridgehead atoms. The van der Waals surface area contributed by atoms with Gasteiger partial charge in [-0.25, -0.2) is 0 Å². The maximum Gasteiger partial charge on any atom is 0.185 e. The number of aromatic hydroxyl groups is 1. The zero-order chi connectivity index (χ0) is 20.5. The maximum absolute atomic E-state index is 12.5. The molecule has 0 aromatic heterocycles. The van der Waals surface area contributed by atoms with Crippen molar-refractivity contribution in [1.29, 1.82) is 0 Å². The number of nitrogen functional groups attached to an aromatic ring is 1. The number of benzene rings is 2. The molecule has 0 unspecified atom stereocenters. The first-order valence-electron chi connectivity index (χ1n) is 9.23. The van der Waals surface area contributed by atoms with Crippen LogP contribution in [0.3, 0.4) is 0 Å². The summed E-state index contributed by atoms with van der Waals surface area (Å²) in [6, 6.07) is 8.68. The Hall–Kier alpha value is -3.27. The van der Waals surface area contributed by atoms with Crippen LogP contribution in [0, 0.1) is 0 Å². The van der Waals surface area contributed by atoms with E-state index >= 15 is 0 Å². The van der Waals surface area contributed by atoms with E-state index in [2.05, 4.69) is 0 Å². The van der Waals surface area contributed by atoms with Crippen molar-refractivity contribution in [3.63, 3.8) is 0 Å². The number of methoxy groups -OCH3 is 1. The highest BCUT2D eigenvalue weighted by Crippen LogP contribution is 2.37. The third-order valence-electron chi connectivity index (χ3n) is 4.39. The first-order valence-corrected chi connectivity index (χ1v) is 9.23. The lowest BCUT2D eigenvalue weighted by Gasteiger charge is -2.15. The fourth-order valence-corrected chi connectivity index (χ4v) is 2.89. The van der Waals surface area contributed by atoms with Crippen LogP contribution < -0.4 is 10.5 Å². The number of anilines is 1. The zero-order valence-corrected chi connectivity index (χ0v) is 16.6. The summed E-state index contributed by atoms with van der Waals surface area (Å²) in [6.45, 7) is 3.90. The van der Waals surface area contributed by atoms with Gasteiger partial charge in [-0.1, -0.05) is 24.3 Å². The van der Waals surface area contributed by atoms with Gasteiger partial charge in [0.05, 0.1) is 12.7 Å². The molecular weight excluding hydrogens is 350 g/mol. The van der Waals surface area contributed by atoms with E-state index in [0.29, 0.717) is 35.4 Å². The van der Waals surface area contributed by atoms with Crippen LogP contribution in [0.2, 0.25) is 0 Å². The number of nitrogens with two attached hydrogens (primary N) is 1. The van der Waals surface area contributed by atoms with E-state index in [1.807, 2.05) is 44.2 Å². The molecule has 0 heterocycles. The Morgan fingerprint density at radius 1 is 1.07 bits per heavy atom. The van der Waals surface area contributed by atoms with Crippen molar-refractivity contribution in [3.8, 4) is 11.5 Å². The number of carbonyl (C=O) groups is 1. The maximum atomic E-state index is 12.5. The van der Waals surface area contributed by atoms with Gasteiger partial charge in [0.25, 0.3) is 0 Å². The second-order valence-corrected chi connectivity index (χ2v) is 6.36. The van der Waals surface area contributed by atoms with Crippen molar-refractivity contribution < 1.29 is 14.6 Å². The molecule has 0 aliphatic carbocycles. The van der Waals surface area contributed by atoms with Crippen molar-refractivity contribution in [2.75, 3.05) is 12.8 Å². The molecule has 0 spiro atoms. The monoisotopic (exact) mass is 377 g/mol. The summed E-state index contributed by atoms with van der Waals surface area (Å²) in [5, 5.41) is 10.8. The Kier molecular flexibility index (Phi) is 7.64. The van der Waals surface area contributed by atoms with Crippen LogP contribution in [0.1, 0.15) is 40.9 Å². The Morgan fingerprint density at radius 3 is 2.25 bits per heavy atom. The van der Waals surface area contributed by atoms with Gasteiger partial charge in [0.2, 0.25) is 0 Å². The summed E-state index contributed by atoms with van der Waals surface area (Å²) in [4.78, 5) is 12.5. The van der Waals surface area contributed by atoms with Crippen molar-refractivity contribution in [2.45, 2.75) is 26.7 Å². The van der Waals surface area contributed by atoms with E-state index < -0.39 is 0 Å². The number of ether oxygens (including phenoxy) is 1. The molecule has 0 radical (unpaired) electrons. The molecule has 2 aromatic rings. The molecule has 0 saturated heterocycles. The SMILES string of the molecule is C/C=C/Cc1cc(C/C=C/C)c(OC)c(/C=C/C(=O)c2ccc(N)cc2)c1O. The Labute approximate surface area is 166 Å². The molecule has 4 heteroatoms. The number of ketones is 1. The predicted molar refractivity (Wildman–Crippen MR) is 116 cm³/mol. The van der Waals surface area contributed by atoms with Gasteiger partial charge in [-0.3, -0.25) is 4.79 Å². The van der Waals surface area contributed by atoms with Gasteiger partial charge in [-0.2, -0.15) is 0 Å². The normalized spacial score (nSPS) is 11.7. The average Bonchev–Trinajstić information content (AvgIpc) is 2.70. The quantitative estimate of drug-likeness (QED) is 0.290. The van der Waals surface area contributed by atoms with Crippen LogP contribution in [-0.4, -0.2) is 18.0 Å². The zero-order valence-electron chi connectivity index (χ0n) is 16.6. The fraction of sp³-hybridized carbons (Fsp3) is 0.208. The van der Waals surface area contributed by atoms with E-state index in [0.717, 1.165) is 11.1 Å². The number of phenolic OH excluding ortho intramolecular Hbond substituents is 1. The van der Waals surface area contributed by atoms with Crippen LogP contribution in [0.25, 0.3) is 6.08 Å². The summed E-state index contributed by atoms with van der Waals surface area (Å²) in [6.07, 6.45) is 12.3. The minimum absolute atomic E-state index is 0.125. The lowest BCUT2D eigenvalue weighted by atomic mass is 9.97. The first kappa shape index (κ1) is 21.0. The van der Waals surface area contributed by atoms with Gasteiger partial charge in [0, 0.05) is 11.3 Å². The van der Waals surface area contributed by atoms with Gasteiger partial charge in [0.1, 0.15) is 11.5 Å². The largest absolute Gasteiger partial charge is 0.507 e. The third-order valence-corrected chi connectivity index (χ3v) is 4.39. The molecule has 4 nitrogen and oxygen atoms in total. The number of hydrogen-bond acceptors (Lipinski definition) is 4. The highest BCUT2D eigenvalue weighted by Gasteiger charge is 2.16. The number of allylic oxidation sites excluding steroid dienone is 5. The van der Waals surface area contributed by atoms with Gasteiger partial charge in [-0.05, 0) is 80.3 Å². The summed E-state index contributed by atoms with van der Waals surface area (Å²) in [5.74, 6) is 0.525. The molecule has 0 aliphatic rings. The smallest absolute Gasteiger partial charge is 0.185 e. The van der Waals surface area contributed by atoms with E-state index in [4.69, 9.17) is 10.5 Å². The number of phenols is 1. The van der Waals surface area contributed by atoms with Crippen LogP contribution in [-0.2, 0) is 12.8 Å². The molecule has 0 saturated carbocycles. The summed E-state index contributed by atoms with van der Waals surface area (Å²) in [5.41, 5.74) is 9.06. The molecule has 2 rings (SSSR count). The fourth-order valence-electron chi connectivity index (χ4n) is 2.89. The van der Waals surface area contributed by atoms with Gasteiger partial charge >= 0.3 is 0 Å². The van der Waals surface area contributed by atoms with Crippen molar-refractivity contribution in [2.24, 2.45) is 0 Å². The lowest BCUT2D eigenvalue weighted by molar-refractivity contribution is 0.104. The minimum Gasteiger partial charge on any atom is -0.507 e. The van der Waals surface area contributed by atoms with Crippen LogP contribution >= 0.6 is 0 Å². The van der Waals surface area contributed by atoms with E-state index in [-0.39, 0.29) is 11.5 Å². The van der Waals surface area contributed by atoms with E-state index in [1.165, 1.54) is 6.08 Å². The van der Waals surface area contributed by atoms with Crippen molar-refractivity contribution >= 4 is 17.5 Å². The lowest BCUT2D eigenvalue weighted by Crippen LogP contribution is -1.99. The summed E-state index contributed by atoms with van der Waals surface area (Å²) in [7, 11) is 1.57. The number of rotatable bonds is 8. The number of carbonyl (C=O) groups excluding carboxylic acids is 1. The molecule has 0 fully saturated rings. The Balaban J connectivity index is 2.49. The standard InChI is InChI=1S/C24H27NO3/c1-4-6-8-18-16-19(9-7-5-2)24(28-3)21(23(18)27)14-15-22(26)17-10-12-20(25)13-11-17/h4-7,10-16,27H,8-9,25H2,1-3H3/b6-4+,7-5+,15-14+. The topological polar surface area (TPSA) is 72.5 Å². The summed E-state index contributed by atoms with van der Waals surface area (Å²) < 4.78 is 5.58. The van der Waals surface area contributed by atoms with Crippen molar-refractivity contribution in [1.82, 2.24) is 0 Å². The van der Waals surface area contributed by atoms with Gasteiger partial charge < -0.3 is 15.6 Å². The van der Waals surface area contributed by atoms with Crippen molar-refractivity contribution in [3.05, 3.63) is 83.0 Å². The second kappa shape index (κ2) is 10.2. The highest BCUT2D eigenvalue weighted by molar-refractivity contribution is 6.07. The molecule has 146 valence electrons. The molecule has 2 aromatic carbocycles. The third kappa shape index (κ3) is 5.13. The Bertz CT molecular complexity index is 906. The van der Waals surface area contributed by atoms with Gasteiger partial charge in [0.15, 0.2) is 5.78 Å². The summed E-state index contributed by atoms with van der Waals surface area (Å²) >= 11 is 0. The number of hydrogen-bond donors (Lipinski definition) is 2. The molecular formula is C24H27NO3. The predicted octanol–water partition coefficient (Wildman–Crippen LogP) is 5.12. The van der Waals surface area contributed by atoms with Crippen LogP contribution in [0.15, 0.2) is 60.7 Å². The molecule has 0 amide bonds. The Morgan fingerprint density at radius 2 is 1.68 bits per heavy atom. The van der Waals surface area contributed by atoms with Crippen LogP contribution in [0.4, 0.5) is 5.69 Å². The van der Waals surface area contributed by atoms with E-state index in [9.17, 15) is 9.90 Å². The average molecular weight is 377 g/mol.